The highest BCUT2D eigenvalue weighted by atomic mass is 16.6. The number of anilines is 1. The molecule has 2 rings (SSSR count). The van der Waals surface area contributed by atoms with Crippen LogP contribution in [-0.2, 0) is 9.63 Å². The third-order valence-corrected chi connectivity index (χ3v) is 3.70. The highest BCUT2D eigenvalue weighted by Gasteiger charge is 2.10. The van der Waals surface area contributed by atoms with E-state index in [9.17, 15) is 9.59 Å². The summed E-state index contributed by atoms with van der Waals surface area (Å²) in [5.41, 5.74) is 4.66. The molecule has 0 unspecified atom stereocenters. The van der Waals surface area contributed by atoms with Crippen LogP contribution in [0.2, 0.25) is 0 Å². The summed E-state index contributed by atoms with van der Waals surface area (Å²) in [6, 6.07) is 12.5. The number of amides is 1. The van der Waals surface area contributed by atoms with E-state index in [1.165, 1.54) is 0 Å². The van der Waals surface area contributed by atoms with Gasteiger partial charge in [0, 0.05) is 16.8 Å². The van der Waals surface area contributed by atoms with Gasteiger partial charge in [0.05, 0.1) is 17.3 Å². The zero-order chi connectivity index (χ0) is 19.1. The fourth-order valence-electron chi connectivity index (χ4n) is 2.49. The molecule has 2 aromatic rings. The number of rotatable bonds is 6. The average molecular weight is 349 g/mol. The third kappa shape index (κ3) is 4.77. The van der Waals surface area contributed by atoms with E-state index in [4.69, 9.17) is 10.1 Å². The van der Waals surface area contributed by atoms with Gasteiger partial charge in [0.1, 0.15) is 0 Å². The fourth-order valence-corrected chi connectivity index (χ4v) is 2.49. The molecule has 0 radical (unpaired) electrons. The van der Waals surface area contributed by atoms with Gasteiger partial charge in [0.25, 0.3) is 5.91 Å². The van der Waals surface area contributed by atoms with Crippen LogP contribution in [0.5, 0.6) is 0 Å². The van der Waals surface area contributed by atoms with Crippen LogP contribution in [0.15, 0.2) is 41.6 Å². The Hall–Kier alpha value is -3.46. The maximum Gasteiger partial charge on any atom is 0.255 e. The number of carbonyl (C=O) groups excluding carboxylic acids is 2. The number of nitrogens with zero attached hydrogens (tertiary/aromatic N) is 2. The van der Waals surface area contributed by atoms with Gasteiger partial charge in [0.15, 0.2) is 12.9 Å². The minimum absolute atomic E-state index is 0.110. The number of carbonyl (C=O) groups is 2. The topological polar surface area (TPSA) is 91.5 Å². The summed E-state index contributed by atoms with van der Waals surface area (Å²) < 4.78 is 0. The van der Waals surface area contributed by atoms with Crippen molar-refractivity contribution in [3.05, 3.63) is 64.2 Å². The van der Waals surface area contributed by atoms with E-state index in [2.05, 4.69) is 10.5 Å². The van der Waals surface area contributed by atoms with Crippen molar-refractivity contribution in [3.8, 4) is 6.07 Å². The number of oxime groups is 1. The van der Waals surface area contributed by atoms with Gasteiger partial charge in [-0.3, -0.25) is 9.59 Å². The Morgan fingerprint density at radius 3 is 2.73 bits per heavy atom. The van der Waals surface area contributed by atoms with E-state index in [0.29, 0.717) is 28.8 Å². The van der Waals surface area contributed by atoms with E-state index in [1.807, 2.05) is 26.0 Å². The van der Waals surface area contributed by atoms with Gasteiger partial charge < -0.3 is 10.2 Å². The largest absolute Gasteiger partial charge is 0.388 e. The summed E-state index contributed by atoms with van der Waals surface area (Å²) in [5.74, 6) is -0.299. The van der Waals surface area contributed by atoms with E-state index in [0.717, 1.165) is 16.7 Å². The molecule has 0 heterocycles. The third-order valence-electron chi connectivity index (χ3n) is 3.70. The Bertz CT molecular complexity index is 911. The molecule has 132 valence electrons. The van der Waals surface area contributed by atoms with E-state index in [1.54, 1.807) is 37.3 Å². The SMILES string of the molecule is C/C(=N\OCC=O)c1cc(NC(=O)c2cc(C)cc(C#N)c2)ccc1C. The van der Waals surface area contributed by atoms with Crippen LogP contribution in [0.1, 0.15) is 39.5 Å². The van der Waals surface area contributed by atoms with Gasteiger partial charge in [0.2, 0.25) is 0 Å². The Morgan fingerprint density at radius 2 is 2.04 bits per heavy atom. The van der Waals surface area contributed by atoms with E-state index < -0.39 is 0 Å². The van der Waals surface area contributed by atoms with E-state index in [-0.39, 0.29) is 12.5 Å². The van der Waals surface area contributed by atoms with Crippen LogP contribution in [0, 0.1) is 25.2 Å². The second-order valence-corrected chi connectivity index (χ2v) is 5.82. The molecule has 0 atom stereocenters. The number of benzene rings is 2. The number of nitrogens with one attached hydrogen (secondary N) is 1. The minimum Gasteiger partial charge on any atom is -0.388 e. The normalized spacial score (nSPS) is 10.8. The molecule has 2 aromatic carbocycles. The molecule has 1 N–H and O–H groups in total. The number of aldehydes is 1. The second-order valence-electron chi connectivity index (χ2n) is 5.82. The first-order valence-corrected chi connectivity index (χ1v) is 7.99. The van der Waals surface area contributed by atoms with Gasteiger partial charge in [-0.2, -0.15) is 5.26 Å². The Balaban J connectivity index is 2.25. The molecule has 0 saturated carbocycles. The highest BCUT2D eigenvalue weighted by molar-refractivity contribution is 6.06. The van der Waals surface area contributed by atoms with Crippen LogP contribution >= 0.6 is 0 Å². The lowest BCUT2D eigenvalue weighted by Crippen LogP contribution is -2.13. The van der Waals surface area contributed by atoms with Gasteiger partial charge in [-0.15, -0.1) is 0 Å². The first-order valence-electron chi connectivity index (χ1n) is 7.99. The quantitative estimate of drug-likeness (QED) is 0.375. The molecular formula is C20H19N3O3. The molecule has 6 nitrogen and oxygen atoms in total. The monoisotopic (exact) mass is 349 g/mol. The Kier molecular flexibility index (Phi) is 6.23. The van der Waals surface area contributed by atoms with Crippen molar-refractivity contribution in [1.29, 1.82) is 5.26 Å². The van der Waals surface area contributed by atoms with Gasteiger partial charge >= 0.3 is 0 Å². The molecule has 0 saturated heterocycles. The lowest BCUT2D eigenvalue weighted by atomic mass is 10.0. The molecule has 0 bridgehead atoms. The van der Waals surface area contributed by atoms with Crippen molar-refractivity contribution in [1.82, 2.24) is 0 Å². The molecule has 0 aliphatic carbocycles. The van der Waals surface area contributed by atoms with Crippen molar-refractivity contribution < 1.29 is 14.4 Å². The van der Waals surface area contributed by atoms with Crippen molar-refractivity contribution in [2.45, 2.75) is 20.8 Å². The van der Waals surface area contributed by atoms with Gasteiger partial charge in [-0.25, -0.2) is 0 Å². The molecule has 6 heteroatoms. The fraction of sp³-hybridized carbons (Fsp3) is 0.200. The van der Waals surface area contributed by atoms with Crippen molar-refractivity contribution in [2.75, 3.05) is 11.9 Å². The molecule has 0 aliphatic rings. The van der Waals surface area contributed by atoms with Crippen molar-refractivity contribution >= 4 is 23.6 Å². The second kappa shape index (κ2) is 8.58. The summed E-state index contributed by atoms with van der Waals surface area (Å²) in [5, 5.41) is 15.8. The lowest BCUT2D eigenvalue weighted by molar-refractivity contribution is -0.111. The zero-order valence-electron chi connectivity index (χ0n) is 14.9. The number of hydrogen-bond donors (Lipinski definition) is 1. The first kappa shape index (κ1) is 18.9. The van der Waals surface area contributed by atoms with Crippen molar-refractivity contribution in [2.24, 2.45) is 5.16 Å². The lowest BCUT2D eigenvalue weighted by Gasteiger charge is -2.10. The average Bonchev–Trinajstić information content (AvgIpc) is 2.62. The van der Waals surface area contributed by atoms with E-state index >= 15 is 0 Å². The Labute approximate surface area is 152 Å². The predicted octanol–water partition coefficient (Wildman–Crippen LogP) is 3.37. The maximum atomic E-state index is 12.5. The summed E-state index contributed by atoms with van der Waals surface area (Å²) in [6.45, 7) is 5.40. The zero-order valence-corrected chi connectivity index (χ0v) is 14.9. The molecule has 0 aliphatic heterocycles. The predicted molar refractivity (Wildman–Crippen MR) is 99.3 cm³/mol. The van der Waals surface area contributed by atoms with Gasteiger partial charge in [-0.1, -0.05) is 11.2 Å². The maximum absolute atomic E-state index is 12.5. The molecule has 26 heavy (non-hydrogen) atoms. The molecule has 0 aromatic heterocycles. The summed E-state index contributed by atoms with van der Waals surface area (Å²) in [6.07, 6.45) is 0.623. The summed E-state index contributed by atoms with van der Waals surface area (Å²) in [7, 11) is 0. The Morgan fingerprint density at radius 1 is 1.27 bits per heavy atom. The van der Waals surface area contributed by atoms with Crippen molar-refractivity contribution in [3.63, 3.8) is 0 Å². The number of aryl methyl sites for hydroxylation is 2. The number of hydrogen-bond acceptors (Lipinski definition) is 5. The van der Waals surface area contributed by atoms with Crippen LogP contribution in [-0.4, -0.2) is 24.5 Å². The van der Waals surface area contributed by atoms with Crippen LogP contribution in [0.4, 0.5) is 5.69 Å². The van der Waals surface area contributed by atoms with Crippen LogP contribution in [0.25, 0.3) is 0 Å². The minimum atomic E-state index is -0.299. The van der Waals surface area contributed by atoms with Crippen LogP contribution in [0.3, 0.4) is 0 Å². The van der Waals surface area contributed by atoms with Crippen LogP contribution < -0.4 is 5.32 Å². The molecule has 0 spiro atoms. The standard InChI is InChI=1S/C20H19N3O3/c1-13-8-16(12-21)10-17(9-13)20(25)22-18-5-4-14(2)19(11-18)15(3)23-26-7-6-24/h4-6,8-11H,7H2,1-3H3,(H,22,25)/b23-15+. The molecule has 1 amide bonds. The summed E-state index contributed by atoms with van der Waals surface area (Å²) >= 11 is 0. The molecular weight excluding hydrogens is 330 g/mol. The number of nitriles is 1. The highest BCUT2D eigenvalue weighted by Crippen LogP contribution is 2.18. The molecule has 0 fully saturated rings. The summed E-state index contributed by atoms with van der Waals surface area (Å²) in [4.78, 5) is 27.7. The smallest absolute Gasteiger partial charge is 0.255 e. The first-order chi connectivity index (χ1) is 12.4. The van der Waals surface area contributed by atoms with Gasteiger partial charge in [-0.05, 0) is 62.2 Å².